The zero-order valence-corrected chi connectivity index (χ0v) is 9.42. The molecule has 0 amide bonds. The second-order valence-electron chi connectivity index (χ2n) is 2.38. The molecule has 0 spiro atoms. The average Bonchev–Trinajstić information content (AvgIpc) is 2.14. The van der Waals surface area contributed by atoms with E-state index in [2.05, 4.69) is 15.9 Å². The van der Waals surface area contributed by atoms with Crippen molar-refractivity contribution in [3.05, 3.63) is 28.2 Å². The van der Waals surface area contributed by atoms with Gasteiger partial charge in [0.15, 0.2) is 11.6 Å². The van der Waals surface area contributed by atoms with Crippen LogP contribution in [0.1, 0.15) is 0 Å². The van der Waals surface area contributed by atoms with Gasteiger partial charge in [-0.1, -0.05) is 0 Å². The molecule has 0 saturated carbocycles. The van der Waals surface area contributed by atoms with Gasteiger partial charge in [0.2, 0.25) is 10.0 Å². The number of sulfonamides is 1. The third kappa shape index (κ3) is 1.94. The zero-order chi connectivity index (χ0) is 10.9. The van der Waals surface area contributed by atoms with Crippen LogP contribution < -0.4 is 4.72 Å². The molecule has 0 aliphatic heterocycles. The van der Waals surface area contributed by atoms with Gasteiger partial charge in [-0.25, -0.2) is 21.9 Å². The van der Waals surface area contributed by atoms with Crippen molar-refractivity contribution >= 4 is 26.0 Å². The maximum atomic E-state index is 13.1. The van der Waals surface area contributed by atoms with E-state index >= 15 is 0 Å². The summed E-state index contributed by atoms with van der Waals surface area (Å²) >= 11 is 2.74. The molecular weight excluding hydrogens is 280 g/mol. The first-order valence-corrected chi connectivity index (χ1v) is 5.75. The first-order valence-electron chi connectivity index (χ1n) is 3.47. The van der Waals surface area contributed by atoms with Crippen LogP contribution >= 0.6 is 15.9 Å². The summed E-state index contributed by atoms with van der Waals surface area (Å²) in [5.41, 5.74) is 0. The fourth-order valence-corrected chi connectivity index (χ4v) is 1.92. The largest absolute Gasteiger partial charge is 0.243 e. The van der Waals surface area contributed by atoms with Crippen molar-refractivity contribution in [2.45, 2.75) is 4.90 Å². The molecule has 0 saturated heterocycles. The highest BCUT2D eigenvalue weighted by atomic mass is 79.9. The highest BCUT2D eigenvalue weighted by Crippen LogP contribution is 2.23. The molecule has 1 N–H and O–H groups in total. The van der Waals surface area contributed by atoms with E-state index in [-0.39, 0.29) is 4.47 Å². The van der Waals surface area contributed by atoms with Crippen molar-refractivity contribution in [2.75, 3.05) is 7.05 Å². The molecule has 0 aliphatic rings. The lowest BCUT2D eigenvalue weighted by molar-refractivity contribution is 0.480. The quantitative estimate of drug-likeness (QED) is 0.840. The lowest BCUT2D eigenvalue weighted by Crippen LogP contribution is -2.20. The molecule has 0 bridgehead atoms. The highest BCUT2D eigenvalue weighted by Gasteiger charge is 2.21. The molecule has 0 aliphatic carbocycles. The van der Waals surface area contributed by atoms with Crippen LogP contribution in [0.5, 0.6) is 0 Å². The van der Waals surface area contributed by atoms with E-state index in [4.69, 9.17) is 0 Å². The van der Waals surface area contributed by atoms with Gasteiger partial charge in [-0.15, -0.1) is 0 Å². The summed E-state index contributed by atoms with van der Waals surface area (Å²) in [5.74, 6) is -2.62. The van der Waals surface area contributed by atoms with Crippen LogP contribution in [0.25, 0.3) is 0 Å². The van der Waals surface area contributed by atoms with E-state index in [9.17, 15) is 17.2 Å². The van der Waals surface area contributed by atoms with Gasteiger partial charge < -0.3 is 0 Å². The van der Waals surface area contributed by atoms with Crippen LogP contribution in [-0.2, 0) is 10.0 Å². The van der Waals surface area contributed by atoms with Crippen molar-refractivity contribution in [2.24, 2.45) is 0 Å². The fraction of sp³-hybridized carbons (Fsp3) is 0.143. The molecule has 0 radical (unpaired) electrons. The Morgan fingerprint density at radius 2 is 1.86 bits per heavy atom. The van der Waals surface area contributed by atoms with E-state index < -0.39 is 26.6 Å². The van der Waals surface area contributed by atoms with E-state index in [0.717, 1.165) is 19.2 Å². The summed E-state index contributed by atoms with van der Waals surface area (Å²) < 4.78 is 50.1. The van der Waals surface area contributed by atoms with Gasteiger partial charge >= 0.3 is 0 Å². The maximum absolute atomic E-state index is 13.1. The molecule has 7 heteroatoms. The Morgan fingerprint density at radius 1 is 1.29 bits per heavy atom. The Labute approximate surface area is 88.3 Å². The van der Waals surface area contributed by atoms with E-state index in [1.165, 1.54) is 0 Å². The molecule has 0 fully saturated rings. The molecule has 0 atom stereocenters. The Bertz CT molecular complexity index is 461. The van der Waals surface area contributed by atoms with Crippen molar-refractivity contribution in [1.29, 1.82) is 0 Å². The van der Waals surface area contributed by atoms with E-state index in [1.54, 1.807) is 0 Å². The molecule has 3 nitrogen and oxygen atoms in total. The average molecular weight is 286 g/mol. The van der Waals surface area contributed by atoms with Crippen molar-refractivity contribution < 1.29 is 17.2 Å². The fourth-order valence-electron chi connectivity index (χ4n) is 0.826. The van der Waals surface area contributed by atoms with Crippen molar-refractivity contribution in [1.82, 2.24) is 4.72 Å². The van der Waals surface area contributed by atoms with Gasteiger partial charge in [-0.05, 0) is 35.1 Å². The third-order valence-electron chi connectivity index (χ3n) is 1.56. The molecule has 14 heavy (non-hydrogen) atoms. The van der Waals surface area contributed by atoms with Crippen LogP contribution in [0, 0.1) is 11.6 Å². The van der Waals surface area contributed by atoms with Crippen molar-refractivity contribution in [3.63, 3.8) is 0 Å². The maximum Gasteiger partial charge on any atom is 0.243 e. The minimum atomic E-state index is -3.95. The summed E-state index contributed by atoms with van der Waals surface area (Å²) in [6.45, 7) is 0. The molecule has 1 aromatic rings. The minimum Gasteiger partial charge on any atom is -0.214 e. The lowest BCUT2D eigenvalue weighted by Gasteiger charge is -2.04. The molecule has 78 valence electrons. The summed E-state index contributed by atoms with van der Waals surface area (Å²) in [5, 5.41) is 0. The van der Waals surface area contributed by atoms with Crippen LogP contribution in [0.2, 0.25) is 0 Å². The predicted molar refractivity (Wildman–Crippen MR) is 50.3 cm³/mol. The van der Waals surface area contributed by atoms with Gasteiger partial charge in [-0.3, -0.25) is 0 Å². The Balaban J connectivity index is 3.47. The monoisotopic (exact) mass is 285 g/mol. The molecule has 0 heterocycles. The standard InChI is InChI=1S/C7H6BrF2NO2S/c1-11-14(12,13)5-3-2-4(8)6(9)7(5)10/h2-3,11H,1H3. The summed E-state index contributed by atoms with van der Waals surface area (Å²) in [4.78, 5) is -0.708. The first kappa shape index (κ1) is 11.5. The van der Waals surface area contributed by atoms with Crippen LogP contribution in [-0.4, -0.2) is 15.5 Å². The number of halogens is 3. The third-order valence-corrected chi connectivity index (χ3v) is 3.60. The normalized spacial score (nSPS) is 11.7. The second-order valence-corrected chi connectivity index (χ2v) is 5.09. The zero-order valence-electron chi connectivity index (χ0n) is 7.01. The minimum absolute atomic E-state index is 0.120. The second kappa shape index (κ2) is 3.92. The van der Waals surface area contributed by atoms with Crippen molar-refractivity contribution in [3.8, 4) is 0 Å². The number of hydrogen-bond donors (Lipinski definition) is 1. The number of nitrogens with one attached hydrogen (secondary N) is 1. The van der Waals surface area contributed by atoms with Crippen LogP contribution in [0.4, 0.5) is 8.78 Å². The number of hydrogen-bond acceptors (Lipinski definition) is 2. The van der Waals surface area contributed by atoms with Gasteiger partial charge in [0, 0.05) is 0 Å². The Morgan fingerprint density at radius 3 is 2.36 bits per heavy atom. The summed E-state index contributed by atoms with van der Waals surface area (Å²) in [6, 6.07) is 2.11. The van der Waals surface area contributed by atoms with Gasteiger partial charge in [0.25, 0.3) is 0 Å². The lowest BCUT2D eigenvalue weighted by atomic mass is 10.3. The molecule has 1 rings (SSSR count). The first-order chi connectivity index (χ1) is 6.40. The number of rotatable bonds is 2. The van der Waals surface area contributed by atoms with Gasteiger partial charge in [0.1, 0.15) is 4.90 Å². The summed E-state index contributed by atoms with van der Waals surface area (Å²) in [7, 11) is -2.83. The Kier molecular flexibility index (Phi) is 3.23. The predicted octanol–water partition coefficient (Wildman–Crippen LogP) is 1.64. The van der Waals surface area contributed by atoms with Crippen LogP contribution in [0.15, 0.2) is 21.5 Å². The van der Waals surface area contributed by atoms with E-state index in [1.807, 2.05) is 4.72 Å². The smallest absolute Gasteiger partial charge is 0.214 e. The number of benzene rings is 1. The Hall–Kier alpha value is -0.530. The topological polar surface area (TPSA) is 46.2 Å². The highest BCUT2D eigenvalue weighted by molar-refractivity contribution is 9.10. The molecule has 0 unspecified atom stereocenters. The molecular formula is C7H6BrF2NO2S. The molecule has 1 aromatic carbocycles. The molecule has 0 aromatic heterocycles. The van der Waals surface area contributed by atoms with Gasteiger partial charge in [-0.2, -0.15) is 0 Å². The summed E-state index contributed by atoms with van der Waals surface area (Å²) in [6.07, 6.45) is 0. The van der Waals surface area contributed by atoms with Gasteiger partial charge in [0.05, 0.1) is 4.47 Å². The van der Waals surface area contributed by atoms with Crippen LogP contribution in [0.3, 0.4) is 0 Å². The van der Waals surface area contributed by atoms with E-state index in [0.29, 0.717) is 0 Å². The SMILES string of the molecule is CNS(=O)(=O)c1ccc(Br)c(F)c1F.